The standard InChI is InChI=1S/C47H54N8O4/c1-4-30-25-34-36(47(2,3)44-42(43(34)57)33-11-10-29(27-48)24-38(33)50-44)26-40(30)54-18-14-31(15-19-54)53-22-20-52(21-23-53)17-6-5-16-49-37-9-7-8-32-35(37)28-55(46(32)59)39-12-13-41(56)51-45(39)58/h7-11,24-26,31,39,49-50H,4-6,12-23,28H2,1-3H3,(H,51,56,58). The Hall–Kier alpha value is -5.51. The number of nitrogens with zero attached hydrogens (tertiary/aromatic N) is 5. The summed E-state index contributed by atoms with van der Waals surface area (Å²) in [6, 6.07) is 18.0. The number of aromatic amines is 1. The lowest BCUT2D eigenvalue weighted by molar-refractivity contribution is -0.136. The first-order chi connectivity index (χ1) is 28.5. The van der Waals surface area contributed by atoms with Gasteiger partial charge in [-0.3, -0.25) is 29.4 Å². The fourth-order valence-corrected chi connectivity index (χ4v) is 10.4. The van der Waals surface area contributed by atoms with Crippen molar-refractivity contribution in [1.29, 1.82) is 5.26 Å². The van der Waals surface area contributed by atoms with Crippen LogP contribution in [-0.2, 0) is 28.0 Å². The molecule has 1 atom stereocenters. The van der Waals surface area contributed by atoms with Crippen molar-refractivity contribution in [2.45, 2.75) is 89.8 Å². The Morgan fingerprint density at radius 2 is 1.71 bits per heavy atom. The molecule has 1 aromatic heterocycles. The number of piperazine rings is 1. The Kier molecular flexibility index (Phi) is 10.3. The van der Waals surface area contributed by atoms with Crippen molar-refractivity contribution in [3.05, 3.63) is 93.2 Å². The van der Waals surface area contributed by atoms with Crippen molar-refractivity contribution in [3.8, 4) is 6.07 Å². The summed E-state index contributed by atoms with van der Waals surface area (Å²) in [7, 11) is 0. The van der Waals surface area contributed by atoms with Crippen molar-refractivity contribution in [3.63, 3.8) is 0 Å². The van der Waals surface area contributed by atoms with Gasteiger partial charge in [0.15, 0.2) is 5.78 Å². The number of amides is 3. The summed E-state index contributed by atoms with van der Waals surface area (Å²) in [4.78, 5) is 64.5. The number of carbonyl (C=O) groups is 4. The van der Waals surface area contributed by atoms with Gasteiger partial charge < -0.3 is 25.0 Å². The lowest BCUT2D eigenvalue weighted by atomic mass is 9.70. The second-order valence-corrected chi connectivity index (χ2v) is 17.5. The summed E-state index contributed by atoms with van der Waals surface area (Å²) >= 11 is 0. The summed E-state index contributed by atoms with van der Waals surface area (Å²) in [5.41, 5.74) is 9.56. The number of unbranched alkanes of at least 4 members (excludes halogenated alkanes) is 1. The fourth-order valence-electron chi connectivity index (χ4n) is 10.4. The van der Waals surface area contributed by atoms with Crippen LogP contribution in [0, 0.1) is 11.3 Å². The number of benzene rings is 3. The summed E-state index contributed by atoms with van der Waals surface area (Å²) in [5, 5.41) is 16.3. The Morgan fingerprint density at radius 1 is 0.915 bits per heavy atom. The molecule has 0 bridgehead atoms. The molecule has 1 unspecified atom stereocenters. The van der Waals surface area contributed by atoms with E-state index in [-0.39, 0.29) is 29.9 Å². The van der Waals surface area contributed by atoms with Crippen LogP contribution in [0.3, 0.4) is 0 Å². The molecule has 59 heavy (non-hydrogen) atoms. The molecule has 3 N–H and O–H groups in total. The molecule has 5 aliphatic rings. The van der Waals surface area contributed by atoms with E-state index in [9.17, 15) is 24.4 Å². The van der Waals surface area contributed by atoms with Crippen LogP contribution < -0.4 is 15.5 Å². The van der Waals surface area contributed by atoms with Crippen LogP contribution in [0.2, 0.25) is 0 Å². The van der Waals surface area contributed by atoms with E-state index in [2.05, 4.69) is 69.3 Å². The topological polar surface area (TPSA) is 145 Å². The maximum Gasteiger partial charge on any atom is 0.255 e. The number of piperidine rings is 2. The van der Waals surface area contributed by atoms with Gasteiger partial charge in [0.25, 0.3) is 5.91 Å². The van der Waals surface area contributed by atoms with Crippen molar-refractivity contribution in [2.24, 2.45) is 0 Å². The van der Waals surface area contributed by atoms with Crippen LogP contribution in [0.4, 0.5) is 11.4 Å². The highest BCUT2D eigenvalue weighted by molar-refractivity contribution is 6.20. The third kappa shape index (κ3) is 6.98. The van der Waals surface area contributed by atoms with Crippen LogP contribution in [-0.4, -0.2) is 108 Å². The quantitative estimate of drug-likeness (QED) is 0.136. The molecule has 12 nitrogen and oxygen atoms in total. The van der Waals surface area contributed by atoms with E-state index in [1.807, 2.05) is 30.3 Å². The molecule has 0 saturated carbocycles. The number of anilines is 2. The maximum atomic E-state index is 14.1. The van der Waals surface area contributed by atoms with E-state index >= 15 is 0 Å². The monoisotopic (exact) mass is 794 g/mol. The molecule has 3 saturated heterocycles. The van der Waals surface area contributed by atoms with E-state index in [0.717, 1.165) is 129 Å². The Morgan fingerprint density at radius 3 is 2.46 bits per heavy atom. The highest BCUT2D eigenvalue weighted by Crippen LogP contribution is 2.46. The molecule has 0 spiro atoms. The molecular formula is C47H54N8O4. The third-order valence-corrected chi connectivity index (χ3v) is 13.8. The number of imide groups is 1. The average molecular weight is 795 g/mol. The van der Waals surface area contributed by atoms with Gasteiger partial charge in [-0.15, -0.1) is 0 Å². The van der Waals surface area contributed by atoms with E-state index < -0.39 is 11.5 Å². The first-order valence-corrected chi connectivity index (χ1v) is 21.6. The molecule has 9 rings (SSSR count). The van der Waals surface area contributed by atoms with Gasteiger partial charge in [0.05, 0.1) is 17.2 Å². The third-order valence-electron chi connectivity index (χ3n) is 13.8. The predicted octanol–water partition coefficient (Wildman–Crippen LogP) is 5.71. The maximum absolute atomic E-state index is 14.1. The zero-order valence-corrected chi connectivity index (χ0v) is 34.5. The average Bonchev–Trinajstić information content (AvgIpc) is 3.81. The summed E-state index contributed by atoms with van der Waals surface area (Å²) in [6.45, 7) is 15.2. The predicted molar refractivity (Wildman–Crippen MR) is 228 cm³/mol. The van der Waals surface area contributed by atoms with Crippen LogP contribution >= 0.6 is 0 Å². The molecule has 306 valence electrons. The summed E-state index contributed by atoms with van der Waals surface area (Å²) in [6.07, 6.45) is 5.84. The first kappa shape index (κ1) is 39.0. The zero-order chi connectivity index (χ0) is 41.0. The van der Waals surface area contributed by atoms with E-state index in [1.54, 1.807) is 11.0 Å². The highest BCUT2D eigenvalue weighted by atomic mass is 16.2. The largest absolute Gasteiger partial charge is 0.385 e. The van der Waals surface area contributed by atoms with Crippen LogP contribution in [0.25, 0.3) is 10.9 Å². The zero-order valence-electron chi connectivity index (χ0n) is 34.5. The van der Waals surface area contributed by atoms with Gasteiger partial charge in [0, 0.05) is 115 Å². The lowest BCUT2D eigenvalue weighted by Crippen LogP contribution is -2.53. The normalized spacial score (nSPS) is 21.0. The minimum atomic E-state index is -0.608. The number of H-pyrrole nitrogens is 1. The molecule has 4 aliphatic heterocycles. The number of rotatable bonds is 10. The number of ketones is 1. The summed E-state index contributed by atoms with van der Waals surface area (Å²) < 4.78 is 0. The molecule has 5 heterocycles. The molecule has 4 aromatic rings. The number of aryl methyl sites for hydroxylation is 1. The SMILES string of the molecule is CCc1cc2c(cc1N1CCC(N3CCN(CCCCNc4cccc5c4CN(C4CCC(=O)NC4=O)C5=O)CC3)CC1)C(C)(C)c1[nH]c3cc(C#N)ccc3c1C2=O. The Labute approximate surface area is 345 Å². The molecule has 0 radical (unpaired) electrons. The minimum Gasteiger partial charge on any atom is -0.385 e. The summed E-state index contributed by atoms with van der Waals surface area (Å²) in [5.74, 6) is -0.741. The van der Waals surface area contributed by atoms with Crippen molar-refractivity contribution in [2.75, 3.05) is 62.6 Å². The smallest absolute Gasteiger partial charge is 0.255 e. The number of aromatic nitrogens is 1. The van der Waals surface area contributed by atoms with E-state index in [0.29, 0.717) is 30.1 Å². The van der Waals surface area contributed by atoms with Gasteiger partial charge in [-0.1, -0.05) is 32.9 Å². The van der Waals surface area contributed by atoms with Gasteiger partial charge in [0.2, 0.25) is 11.8 Å². The molecule has 12 heteroatoms. The van der Waals surface area contributed by atoms with E-state index in [4.69, 9.17) is 0 Å². The minimum absolute atomic E-state index is 0.0662. The van der Waals surface area contributed by atoms with Gasteiger partial charge in [-0.2, -0.15) is 5.26 Å². The number of carbonyl (C=O) groups excluding carboxylic acids is 4. The molecule has 3 fully saturated rings. The fraction of sp³-hybridized carbons (Fsp3) is 0.468. The van der Waals surface area contributed by atoms with Crippen LogP contribution in [0.5, 0.6) is 0 Å². The molecule has 3 aromatic carbocycles. The second kappa shape index (κ2) is 15.6. The van der Waals surface area contributed by atoms with Gasteiger partial charge >= 0.3 is 0 Å². The van der Waals surface area contributed by atoms with Gasteiger partial charge in [0.1, 0.15) is 6.04 Å². The number of fused-ring (bicyclic) bond motifs is 5. The van der Waals surface area contributed by atoms with Crippen LogP contribution in [0.1, 0.15) is 114 Å². The first-order valence-electron chi connectivity index (χ1n) is 21.6. The molecule has 1 aliphatic carbocycles. The number of nitriles is 1. The van der Waals surface area contributed by atoms with Gasteiger partial charge in [-0.25, -0.2) is 0 Å². The van der Waals surface area contributed by atoms with Crippen molar-refractivity contribution >= 4 is 45.8 Å². The van der Waals surface area contributed by atoms with E-state index in [1.165, 1.54) is 11.3 Å². The van der Waals surface area contributed by atoms with Crippen molar-refractivity contribution in [1.82, 2.24) is 25.0 Å². The van der Waals surface area contributed by atoms with Gasteiger partial charge in [-0.05, 0) is 92.6 Å². The highest BCUT2D eigenvalue weighted by Gasteiger charge is 2.42. The van der Waals surface area contributed by atoms with Crippen LogP contribution in [0.15, 0.2) is 48.5 Å². The lowest BCUT2D eigenvalue weighted by Gasteiger charge is -2.44. The second-order valence-electron chi connectivity index (χ2n) is 17.5. The number of hydrogen-bond acceptors (Lipinski definition) is 9. The number of nitrogens with one attached hydrogen (secondary N) is 3. The molecule has 3 amide bonds. The Balaban J connectivity index is 0.752. The van der Waals surface area contributed by atoms with Crippen molar-refractivity contribution < 1.29 is 19.2 Å². The Bertz CT molecular complexity index is 2390. The number of hydrogen-bond donors (Lipinski definition) is 3. The molecular weight excluding hydrogens is 741 g/mol.